The minimum Gasteiger partial charge on any atom is -0.383 e. The van der Waals surface area contributed by atoms with Crippen molar-refractivity contribution in [3.05, 3.63) is 51.6 Å². The normalized spacial score (nSPS) is 14.6. The average molecular weight is 322 g/mol. The smallest absolute Gasteiger partial charge is 0.141 e. The van der Waals surface area contributed by atoms with Crippen molar-refractivity contribution in [2.24, 2.45) is 0 Å². The van der Waals surface area contributed by atoms with Gasteiger partial charge in [-0.05, 0) is 46.5 Å². The molecule has 0 radical (unpaired) electrons. The SMILES string of the molecule is Nc1nc(Cc2ccc(F)cc2)nc(C2CC2)c1Br. The predicted molar refractivity (Wildman–Crippen MR) is 75.3 cm³/mol. The molecule has 0 saturated heterocycles. The van der Waals surface area contributed by atoms with Gasteiger partial charge in [-0.15, -0.1) is 0 Å². The Hall–Kier alpha value is -1.49. The quantitative estimate of drug-likeness (QED) is 0.942. The molecular weight excluding hydrogens is 309 g/mol. The molecule has 1 saturated carbocycles. The van der Waals surface area contributed by atoms with E-state index in [1.165, 1.54) is 12.1 Å². The minimum absolute atomic E-state index is 0.237. The first-order valence-corrected chi connectivity index (χ1v) is 6.99. The topological polar surface area (TPSA) is 51.8 Å². The van der Waals surface area contributed by atoms with Crippen LogP contribution in [0, 0.1) is 5.82 Å². The van der Waals surface area contributed by atoms with Gasteiger partial charge in [-0.2, -0.15) is 0 Å². The Bertz CT molecular complexity index is 609. The van der Waals surface area contributed by atoms with Crippen LogP contribution in [0.5, 0.6) is 0 Å². The van der Waals surface area contributed by atoms with Gasteiger partial charge in [-0.1, -0.05) is 12.1 Å². The summed E-state index contributed by atoms with van der Waals surface area (Å²) in [6.07, 6.45) is 2.88. The number of aromatic nitrogens is 2. The second-order valence-corrected chi connectivity index (χ2v) is 5.59. The Morgan fingerprint density at radius 3 is 2.53 bits per heavy atom. The molecule has 0 bridgehead atoms. The number of nitrogens with zero attached hydrogens (tertiary/aromatic N) is 2. The molecule has 98 valence electrons. The zero-order valence-corrected chi connectivity index (χ0v) is 11.8. The molecule has 2 aromatic rings. The Morgan fingerprint density at radius 1 is 1.21 bits per heavy atom. The van der Waals surface area contributed by atoms with Crippen LogP contribution in [0.3, 0.4) is 0 Å². The molecule has 0 aliphatic heterocycles. The highest BCUT2D eigenvalue weighted by atomic mass is 79.9. The van der Waals surface area contributed by atoms with E-state index in [4.69, 9.17) is 5.73 Å². The van der Waals surface area contributed by atoms with Gasteiger partial charge in [0.05, 0.1) is 10.2 Å². The number of benzene rings is 1. The number of anilines is 1. The lowest BCUT2D eigenvalue weighted by Gasteiger charge is -2.08. The maximum atomic E-state index is 12.9. The number of halogens is 2. The highest BCUT2D eigenvalue weighted by Crippen LogP contribution is 2.43. The summed E-state index contributed by atoms with van der Waals surface area (Å²) in [5.41, 5.74) is 7.89. The molecule has 5 heteroatoms. The minimum atomic E-state index is -0.237. The molecule has 1 heterocycles. The van der Waals surface area contributed by atoms with E-state index in [2.05, 4.69) is 25.9 Å². The summed E-state index contributed by atoms with van der Waals surface area (Å²) in [7, 11) is 0. The first-order chi connectivity index (χ1) is 9.13. The number of rotatable bonds is 3. The highest BCUT2D eigenvalue weighted by molar-refractivity contribution is 9.10. The van der Waals surface area contributed by atoms with Gasteiger partial charge in [-0.25, -0.2) is 14.4 Å². The van der Waals surface area contributed by atoms with Gasteiger partial charge in [0.15, 0.2) is 0 Å². The zero-order valence-electron chi connectivity index (χ0n) is 10.2. The number of hydrogen-bond donors (Lipinski definition) is 1. The summed E-state index contributed by atoms with van der Waals surface area (Å²) in [5, 5.41) is 0. The van der Waals surface area contributed by atoms with Gasteiger partial charge in [0.25, 0.3) is 0 Å². The van der Waals surface area contributed by atoms with Gasteiger partial charge < -0.3 is 5.73 Å². The molecule has 19 heavy (non-hydrogen) atoms. The molecule has 1 aromatic heterocycles. The summed E-state index contributed by atoms with van der Waals surface area (Å²) >= 11 is 3.45. The summed E-state index contributed by atoms with van der Waals surface area (Å²) in [5.74, 6) is 1.44. The van der Waals surface area contributed by atoms with Crippen LogP contribution in [0.4, 0.5) is 10.2 Å². The van der Waals surface area contributed by atoms with Crippen molar-refractivity contribution in [3.8, 4) is 0 Å². The van der Waals surface area contributed by atoms with Crippen molar-refractivity contribution >= 4 is 21.7 Å². The first kappa shape index (κ1) is 12.5. The Kier molecular flexibility index (Phi) is 3.22. The summed E-state index contributed by atoms with van der Waals surface area (Å²) in [6, 6.07) is 6.38. The highest BCUT2D eigenvalue weighted by Gasteiger charge is 2.28. The second kappa shape index (κ2) is 4.89. The number of nitrogens with two attached hydrogens (primary N) is 1. The van der Waals surface area contributed by atoms with Crippen LogP contribution in [0.2, 0.25) is 0 Å². The van der Waals surface area contributed by atoms with E-state index in [0.717, 1.165) is 28.6 Å². The van der Waals surface area contributed by atoms with Crippen LogP contribution in [0.25, 0.3) is 0 Å². The van der Waals surface area contributed by atoms with E-state index in [0.29, 0.717) is 24.0 Å². The summed E-state index contributed by atoms with van der Waals surface area (Å²) in [4.78, 5) is 8.87. The van der Waals surface area contributed by atoms with Gasteiger partial charge in [0.2, 0.25) is 0 Å². The maximum Gasteiger partial charge on any atom is 0.141 e. The van der Waals surface area contributed by atoms with Crippen molar-refractivity contribution in [3.63, 3.8) is 0 Å². The fourth-order valence-electron chi connectivity index (χ4n) is 2.02. The van der Waals surface area contributed by atoms with E-state index >= 15 is 0 Å². The Morgan fingerprint density at radius 2 is 1.89 bits per heavy atom. The lowest BCUT2D eigenvalue weighted by Crippen LogP contribution is -2.05. The molecule has 0 spiro atoms. The number of nitrogen functional groups attached to an aromatic ring is 1. The molecule has 0 atom stereocenters. The first-order valence-electron chi connectivity index (χ1n) is 6.19. The van der Waals surface area contributed by atoms with Gasteiger partial charge in [0, 0.05) is 12.3 Å². The van der Waals surface area contributed by atoms with Gasteiger partial charge in [-0.3, -0.25) is 0 Å². The molecule has 3 nitrogen and oxygen atoms in total. The zero-order chi connectivity index (χ0) is 13.4. The maximum absolute atomic E-state index is 12.9. The van der Waals surface area contributed by atoms with Crippen molar-refractivity contribution < 1.29 is 4.39 Å². The predicted octanol–water partition coefficient (Wildman–Crippen LogP) is 3.43. The summed E-state index contributed by atoms with van der Waals surface area (Å²) in [6.45, 7) is 0. The molecule has 0 unspecified atom stereocenters. The monoisotopic (exact) mass is 321 g/mol. The molecule has 1 fully saturated rings. The second-order valence-electron chi connectivity index (χ2n) is 4.80. The van der Waals surface area contributed by atoms with Crippen LogP contribution >= 0.6 is 15.9 Å². The third-order valence-electron chi connectivity index (χ3n) is 3.19. The molecule has 1 aliphatic rings. The fraction of sp³-hybridized carbons (Fsp3) is 0.286. The van der Waals surface area contributed by atoms with E-state index in [-0.39, 0.29) is 5.82 Å². The molecule has 1 aliphatic carbocycles. The van der Waals surface area contributed by atoms with Crippen LogP contribution in [0.1, 0.15) is 35.8 Å². The lowest BCUT2D eigenvalue weighted by molar-refractivity contribution is 0.627. The molecule has 0 amide bonds. The standard InChI is InChI=1S/C14H13BrFN3/c15-12-13(9-3-4-9)18-11(19-14(12)17)7-8-1-5-10(16)6-2-8/h1-2,5-6,9H,3-4,7H2,(H2,17,18,19). The number of hydrogen-bond acceptors (Lipinski definition) is 3. The molecule has 3 rings (SSSR count). The third kappa shape index (κ3) is 2.76. The molecule has 2 N–H and O–H groups in total. The van der Waals surface area contributed by atoms with Crippen LogP contribution in [-0.4, -0.2) is 9.97 Å². The molecule has 1 aromatic carbocycles. The van der Waals surface area contributed by atoms with Gasteiger partial charge in [0.1, 0.15) is 17.5 Å². The van der Waals surface area contributed by atoms with E-state index < -0.39 is 0 Å². The largest absolute Gasteiger partial charge is 0.383 e. The van der Waals surface area contributed by atoms with Crippen LogP contribution < -0.4 is 5.73 Å². The van der Waals surface area contributed by atoms with E-state index in [9.17, 15) is 4.39 Å². The van der Waals surface area contributed by atoms with Crippen LogP contribution in [-0.2, 0) is 6.42 Å². The van der Waals surface area contributed by atoms with Crippen LogP contribution in [0.15, 0.2) is 28.7 Å². The Labute approximate surface area is 119 Å². The van der Waals surface area contributed by atoms with E-state index in [1.807, 2.05) is 0 Å². The van der Waals surface area contributed by atoms with Gasteiger partial charge >= 0.3 is 0 Å². The van der Waals surface area contributed by atoms with Crippen molar-refractivity contribution in [1.82, 2.24) is 9.97 Å². The fourth-order valence-corrected chi connectivity index (χ4v) is 2.52. The molecular formula is C14H13BrFN3. The lowest BCUT2D eigenvalue weighted by atomic mass is 10.1. The Balaban J connectivity index is 1.90. The average Bonchev–Trinajstić information content (AvgIpc) is 3.21. The van der Waals surface area contributed by atoms with E-state index in [1.54, 1.807) is 12.1 Å². The van der Waals surface area contributed by atoms with Crippen molar-refractivity contribution in [1.29, 1.82) is 0 Å². The van der Waals surface area contributed by atoms with Crippen molar-refractivity contribution in [2.45, 2.75) is 25.2 Å². The van der Waals surface area contributed by atoms with Crippen molar-refractivity contribution in [2.75, 3.05) is 5.73 Å². The third-order valence-corrected chi connectivity index (χ3v) is 4.00. The summed E-state index contributed by atoms with van der Waals surface area (Å²) < 4.78 is 13.7.